The molecule has 0 spiro atoms. The Morgan fingerprint density at radius 2 is 1.76 bits per heavy atom. The van der Waals surface area contributed by atoms with E-state index in [1.165, 1.54) is 12.1 Å². The molecule has 0 saturated heterocycles. The number of ether oxygens (including phenoxy) is 1. The van der Waals surface area contributed by atoms with E-state index in [4.69, 9.17) is 39.5 Å². The third-order valence-corrected chi connectivity index (χ3v) is 3.41. The van der Waals surface area contributed by atoms with Crippen LogP contribution in [0, 0.1) is 5.82 Å². The molecule has 2 aromatic carbocycles. The van der Waals surface area contributed by atoms with Gasteiger partial charge in [-0.05, 0) is 30.3 Å². The molecule has 0 saturated carbocycles. The van der Waals surface area contributed by atoms with Gasteiger partial charge in [0.25, 0.3) is 5.91 Å². The summed E-state index contributed by atoms with van der Waals surface area (Å²) >= 11 is 17.6. The molecule has 0 bridgehead atoms. The van der Waals surface area contributed by atoms with Crippen LogP contribution in [0.4, 0.5) is 10.1 Å². The van der Waals surface area contributed by atoms with Gasteiger partial charge in [-0.3, -0.25) is 4.79 Å². The largest absolute Gasteiger partial charge is 0.482 e. The fourth-order valence-corrected chi connectivity index (χ4v) is 2.24. The lowest BCUT2D eigenvalue weighted by atomic mass is 10.3. The highest BCUT2D eigenvalue weighted by Gasteiger charge is 2.11. The Morgan fingerprint density at radius 3 is 2.38 bits per heavy atom. The minimum Gasteiger partial charge on any atom is -0.482 e. The molecule has 0 radical (unpaired) electrons. The molecule has 0 fully saturated rings. The molecule has 2 aromatic rings. The third kappa shape index (κ3) is 4.24. The number of hydrogen-bond acceptors (Lipinski definition) is 2. The first-order valence-electron chi connectivity index (χ1n) is 5.79. The molecular formula is C14H9Cl3FNO2. The predicted octanol–water partition coefficient (Wildman–Crippen LogP) is 4.80. The number of carbonyl (C=O) groups excluding carboxylic acids is 1. The van der Waals surface area contributed by atoms with E-state index in [2.05, 4.69) is 5.32 Å². The van der Waals surface area contributed by atoms with Crippen molar-refractivity contribution in [2.45, 2.75) is 0 Å². The Labute approximate surface area is 135 Å². The molecule has 0 unspecified atom stereocenters. The standard InChI is InChI=1S/C14H9Cl3FNO2/c15-9-2-1-3-10(16)14(9)19-13(20)7-21-12-5-4-8(18)6-11(12)17/h1-6H,7H2,(H,19,20). The second-order valence-corrected chi connectivity index (χ2v) is 5.23. The van der Waals surface area contributed by atoms with Gasteiger partial charge in [-0.15, -0.1) is 0 Å². The molecule has 1 amide bonds. The topological polar surface area (TPSA) is 38.3 Å². The van der Waals surface area contributed by atoms with E-state index >= 15 is 0 Å². The Hall–Kier alpha value is -1.49. The Balaban J connectivity index is 1.99. The number of amides is 1. The number of para-hydroxylation sites is 1. The third-order valence-electron chi connectivity index (χ3n) is 2.48. The Bertz CT molecular complexity index is 659. The molecule has 21 heavy (non-hydrogen) atoms. The predicted molar refractivity (Wildman–Crippen MR) is 82.0 cm³/mol. The molecule has 0 heterocycles. The van der Waals surface area contributed by atoms with Crippen LogP contribution < -0.4 is 10.1 Å². The molecule has 0 aliphatic carbocycles. The highest BCUT2D eigenvalue weighted by Crippen LogP contribution is 2.30. The van der Waals surface area contributed by atoms with Gasteiger partial charge >= 0.3 is 0 Å². The van der Waals surface area contributed by atoms with Crippen molar-refractivity contribution in [1.82, 2.24) is 0 Å². The molecule has 0 aliphatic heterocycles. The molecule has 7 heteroatoms. The van der Waals surface area contributed by atoms with Crippen molar-refractivity contribution < 1.29 is 13.9 Å². The van der Waals surface area contributed by atoms with Crippen LogP contribution >= 0.6 is 34.8 Å². The SMILES string of the molecule is O=C(COc1ccc(F)cc1Cl)Nc1c(Cl)cccc1Cl. The monoisotopic (exact) mass is 347 g/mol. The summed E-state index contributed by atoms with van der Waals surface area (Å²) in [6.07, 6.45) is 0. The maximum Gasteiger partial charge on any atom is 0.262 e. The maximum atomic E-state index is 12.9. The number of rotatable bonds is 4. The van der Waals surface area contributed by atoms with Crippen LogP contribution in [-0.4, -0.2) is 12.5 Å². The molecule has 3 nitrogen and oxygen atoms in total. The van der Waals surface area contributed by atoms with Crippen LogP contribution in [0.25, 0.3) is 0 Å². The summed E-state index contributed by atoms with van der Waals surface area (Å²) in [6, 6.07) is 8.48. The number of hydrogen-bond donors (Lipinski definition) is 1. The van der Waals surface area contributed by atoms with Crippen molar-refractivity contribution >= 4 is 46.4 Å². The zero-order valence-corrected chi connectivity index (χ0v) is 12.8. The van der Waals surface area contributed by atoms with E-state index in [-0.39, 0.29) is 17.4 Å². The van der Waals surface area contributed by atoms with Gasteiger partial charge in [0.1, 0.15) is 11.6 Å². The zero-order chi connectivity index (χ0) is 15.4. The number of nitrogens with one attached hydrogen (secondary N) is 1. The van der Waals surface area contributed by atoms with Crippen LogP contribution in [0.2, 0.25) is 15.1 Å². The van der Waals surface area contributed by atoms with Crippen molar-refractivity contribution in [3.8, 4) is 5.75 Å². The van der Waals surface area contributed by atoms with Gasteiger partial charge in [0.05, 0.1) is 20.8 Å². The lowest BCUT2D eigenvalue weighted by molar-refractivity contribution is -0.118. The van der Waals surface area contributed by atoms with Crippen molar-refractivity contribution in [2.24, 2.45) is 0 Å². The first kappa shape index (κ1) is 15.9. The van der Waals surface area contributed by atoms with Crippen LogP contribution in [0.5, 0.6) is 5.75 Å². The van der Waals surface area contributed by atoms with Crippen molar-refractivity contribution in [3.63, 3.8) is 0 Å². The van der Waals surface area contributed by atoms with Gasteiger partial charge in [-0.1, -0.05) is 40.9 Å². The fourth-order valence-electron chi connectivity index (χ4n) is 1.53. The summed E-state index contributed by atoms with van der Waals surface area (Å²) in [7, 11) is 0. The summed E-state index contributed by atoms with van der Waals surface area (Å²) in [4.78, 5) is 11.8. The van der Waals surface area contributed by atoms with E-state index in [1.54, 1.807) is 18.2 Å². The minimum atomic E-state index is -0.486. The molecular weight excluding hydrogens is 340 g/mol. The van der Waals surface area contributed by atoms with Gasteiger partial charge in [-0.25, -0.2) is 4.39 Å². The van der Waals surface area contributed by atoms with Crippen LogP contribution in [-0.2, 0) is 4.79 Å². The van der Waals surface area contributed by atoms with E-state index in [0.29, 0.717) is 15.7 Å². The van der Waals surface area contributed by atoms with E-state index in [9.17, 15) is 9.18 Å². The van der Waals surface area contributed by atoms with Crippen LogP contribution in [0.3, 0.4) is 0 Å². The van der Waals surface area contributed by atoms with Crippen molar-refractivity contribution in [2.75, 3.05) is 11.9 Å². The van der Waals surface area contributed by atoms with E-state index in [0.717, 1.165) is 6.07 Å². The normalized spacial score (nSPS) is 10.3. The average molecular weight is 349 g/mol. The first-order valence-corrected chi connectivity index (χ1v) is 6.92. The molecule has 0 aromatic heterocycles. The number of benzene rings is 2. The summed E-state index contributed by atoms with van der Waals surface area (Å²) in [5, 5.41) is 3.25. The second-order valence-electron chi connectivity index (χ2n) is 4.01. The Morgan fingerprint density at radius 1 is 1.10 bits per heavy atom. The van der Waals surface area contributed by atoms with Gasteiger partial charge < -0.3 is 10.1 Å². The highest BCUT2D eigenvalue weighted by molar-refractivity contribution is 6.39. The smallest absolute Gasteiger partial charge is 0.262 e. The Kier molecular flexibility index (Phi) is 5.28. The number of carbonyl (C=O) groups is 1. The van der Waals surface area contributed by atoms with Crippen LogP contribution in [0.15, 0.2) is 36.4 Å². The summed E-state index contributed by atoms with van der Waals surface area (Å²) in [5.74, 6) is -0.747. The lowest BCUT2D eigenvalue weighted by Crippen LogP contribution is -2.20. The molecule has 110 valence electrons. The molecule has 2 rings (SSSR count). The van der Waals surface area contributed by atoms with Crippen molar-refractivity contribution in [1.29, 1.82) is 0 Å². The summed E-state index contributed by atoms with van der Waals surface area (Å²) in [6.45, 7) is -0.313. The van der Waals surface area contributed by atoms with Crippen LogP contribution in [0.1, 0.15) is 0 Å². The second kappa shape index (κ2) is 6.98. The quantitative estimate of drug-likeness (QED) is 0.861. The van der Waals surface area contributed by atoms with Crippen molar-refractivity contribution in [3.05, 3.63) is 57.3 Å². The first-order chi connectivity index (χ1) is 9.97. The van der Waals surface area contributed by atoms with Gasteiger partial charge in [0.2, 0.25) is 0 Å². The highest BCUT2D eigenvalue weighted by atomic mass is 35.5. The van der Waals surface area contributed by atoms with Gasteiger partial charge in [0.15, 0.2) is 6.61 Å². The summed E-state index contributed by atoms with van der Waals surface area (Å²) < 4.78 is 18.1. The van der Waals surface area contributed by atoms with E-state index < -0.39 is 11.7 Å². The maximum absolute atomic E-state index is 12.9. The number of anilines is 1. The van der Waals surface area contributed by atoms with Gasteiger partial charge in [0, 0.05) is 0 Å². The fraction of sp³-hybridized carbons (Fsp3) is 0.0714. The van der Waals surface area contributed by atoms with E-state index in [1.807, 2.05) is 0 Å². The molecule has 0 aliphatic rings. The minimum absolute atomic E-state index is 0.0820. The molecule has 1 N–H and O–H groups in total. The zero-order valence-electron chi connectivity index (χ0n) is 10.5. The van der Waals surface area contributed by atoms with Gasteiger partial charge in [-0.2, -0.15) is 0 Å². The average Bonchev–Trinajstić information content (AvgIpc) is 2.42. The molecule has 0 atom stereocenters. The number of halogens is 4. The lowest BCUT2D eigenvalue weighted by Gasteiger charge is -2.10. The summed E-state index contributed by atoms with van der Waals surface area (Å²) in [5.41, 5.74) is 0.305.